The maximum atomic E-state index is 10.9. The lowest BCUT2D eigenvalue weighted by Gasteiger charge is -2.34. The Morgan fingerprint density at radius 1 is 1.20 bits per heavy atom. The van der Waals surface area contributed by atoms with Gasteiger partial charge in [-0.25, -0.2) is 0 Å². The molecule has 0 atom stereocenters. The fourth-order valence-electron chi connectivity index (χ4n) is 0.915. The fourth-order valence-corrected chi connectivity index (χ4v) is 0.915. The van der Waals surface area contributed by atoms with Crippen LogP contribution in [0.1, 0.15) is 27.7 Å². The molecule has 0 heterocycles. The number of carboxylic acids is 1. The molecule has 0 fully saturated rings. The van der Waals surface area contributed by atoms with E-state index < -0.39 is 11.4 Å². The molecule has 0 amide bonds. The third-order valence-electron chi connectivity index (χ3n) is 2.91. The molecule has 0 aliphatic heterocycles. The molecule has 0 radical (unpaired) electrons. The normalized spacial score (nSPS) is 13.3. The summed E-state index contributed by atoms with van der Waals surface area (Å²) in [4.78, 5) is 13.0. The van der Waals surface area contributed by atoms with Gasteiger partial charge in [0.1, 0.15) is 0 Å². The third kappa shape index (κ3) is 4.62. The summed E-state index contributed by atoms with van der Waals surface area (Å²) >= 11 is 0. The summed E-state index contributed by atoms with van der Waals surface area (Å²) in [5.41, 5.74) is -0.670. The summed E-state index contributed by atoms with van der Waals surface area (Å²) in [6.45, 7) is 8.95. The maximum Gasteiger partial charge on any atom is 0.310 e. The Kier molecular flexibility index (Phi) is 4.74. The molecule has 0 saturated heterocycles. The van der Waals surface area contributed by atoms with Gasteiger partial charge in [0.25, 0.3) is 0 Å². The first kappa shape index (κ1) is 14.4. The molecule has 0 aromatic heterocycles. The first-order valence-corrected chi connectivity index (χ1v) is 5.21. The predicted octanol–water partition coefficient (Wildman–Crippen LogP) is 1.03. The summed E-state index contributed by atoms with van der Waals surface area (Å²) in [7, 11) is 4.04. The molecule has 0 bridgehead atoms. The standard InChI is InChI=1S/C11H24N2O2/c1-10(2,9(14)15)7-12-8-11(3,4)13(5)6/h12H,7-8H2,1-6H3,(H,14,15). The minimum absolute atomic E-state index is 0.0363. The lowest BCUT2D eigenvalue weighted by molar-refractivity contribution is -0.146. The molecule has 0 aromatic rings. The van der Waals surface area contributed by atoms with Crippen LogP contribution in [0.3, 0.4) is 0 Å². The molecule has 4 heteroatoms. The molecule has 0 rings (SSSR count). The number of carbonyl (C=O) groups is 1. The lowest BCUT2D eigenvalue weighted by Crippen LogP contribution is -2.49. The Morgan fingerprint density at radius 3 is 2.00 bits per heavy atom. The van der Waals surface area contributed by atoms with E-state index >= 15 is 0 Å². The molecule has 0 aromatic carbocycles. The van der Waals surface area contributed by atoms with E-state index in [1.807, 2.05) is 14.1 Å². The SMILES string of the molecule is CN(C)C(C)(C)CNCC(C)(C)C(=O)O. The van der Waals surface area contributed by atoms with Crippen LogP contribution in [0.25, 0.3) is 0 Å². The van der Waals surface area contributed by atoms with Crippen LogP contribution in [0.5, 0.6) is 0 Å². The number of aliphatic carboxylic acids is 1. The van der Waals surface area contributed by atoms with Gasteiger partial charge in [-0.1, -0.05) is 0 Å². The Bertz CT molecular complexity index is 223. The van der Waals surface area contributed by atoms with E-state index in [2.05, 4.69) is 24.1 Å². The zero-order valence-corrected chi connectivity index (χ0v) is 10.7. The summed E-state index contributed by atoms with van der Waals surface area (Å²) in [6.07, 6.45) is 0. The molecule has 0 aliphatic carbocycles. The highest BCUT2D eigenvalue weighted by Gasteiger charge is 2.28. The van der Waals surface area contributed by atoms with Crippen molar-refractivity contribution in [2.45, 2.75) is 33.2 Å². The molecule has 0 aliphatic rings. The van der Waals surface area contributed by atoms with Crippen LogP contribution in [0.15, 0.2) is 0 Å². The van der Waals surface area contributed by atoms with Crippen LogP contribution >= 0.6 is 0 Å². The van der Waals surface area contributed by atoms with E-state index in [-0.39, 0.29) is 5.54 Å². The number of nitrogens with zero attached hydrogens (tertiary/aromatic N) is 1. The molecule has 15 heavy (non-hydrogen) atoms. The van der Waals surface area contributed by atoms with Crippen molar-refractivity contribution in [3.8, 4) is 0 Å². The minimum atomic E-state index is -0.766. The van der Waals surface area contributed by atoms with E-state index in [9.17, 15) is 4.79 Å². The summed E-state index contributed by atoms with van der Waals surface area (Å²) in [5.74, 6) is -0.766. The van der Waals surface area contributed by atoms with E-state index in [1.54, 1.807) is 13.8 Å². The largest absolute Gasteiger partial charge is 0.481 e. The van der Waals surface area contributed by atoms with Gasteiger partial charge in [-0.3, -0.25) is 4.79 Å². The van der Waals surface area contributed by atoms with Gasteiger partial charge in [-0.2, -0.15) is 0 Å². The minimum Gasteiger partial charge on any atom is -0.481 e. The molecule has 0 unspecified atom stereocenters. The zero-order valence-electron chi connectivity index (χ0n) is 10.7. The number of rotatable bonds is 6. The van der Waals surface area contributed by atoms with Crippen LogP contribution in [0.4, 0.5) is 0 Å². The quantitative estimate of drug-likeness (QED) is 0.696. The van der Waals surface area contributed by atoms with E-state index in [1.165, 1.54) is 0 Å². The van der Waals surface area contributed by atoms with Crippen LogP contribution in [-0.2, 0) is 4.79 Å². The van der Waals surface area contributed by atoms with E-state index in [0.29, 0.717) is 6.54 Å². The molecule has 2 N–H and O–H groups in total. The van der Waals surface area contributed by atoms with Crippen molar-refractivity contribution in [3.63, 3.8) is 0 Å². The number of nitrogens with one attached hydrogen (secondary N) is 1. The average molecular weight is 216 g/mol. The van der Waals surface area contributed by atoms with Crippen molar-refractivity contribution in [3.05, 3.63) is 0 Å². The Morgan fingerprint density at radius 2 is 1.67 bits per heavy atom. The van der Waals surface area contributed by atoms with Crippen molar-refractivity contribution >= 4 is 5.97 Å². The van der Waals surface area contributed by atoms with Gasteiger partial charge in [0.15, 0.2) is 0 Å². The molecular formula is C11H24N2O2. The summed E-state index contributed by atoms with van der Waals surface area (Å²) < 4.78 is 0. The van der Waals surface area contributed by atoms with E-state index in [0.717, 1.165) is 6.54 Å². The van der Waals surface area contributed by atoms with Crippen molar-refractivity contribution in [2.75, 3.05) is 27.2 Å². The fraction of sp³-hybridized carbons (Fsp3) is 0.909. The number of carboxylic acid groups (broad SMARTS) is 1. The monoisotopic (exact) mass is 216 g/mol. The third-order valence-corrected chi connectivity index (χ3v) is 2.91. The van der Waals surface area contributed by atoms with Crippen molar-refractivity contribution in [2.24, 2.45) is 5.41 Å². The number of hydrogen-bond donors (Lipinski definition) is 2. The highest BCUT2D eigenvalue weighted by molar-refractivity contribution is 5.73. The van der Waals surface area contributed by atoms with Gasteiger partial charge in [-0.15, -0.1) is 0 Å². The smallest absolute Gasteiger partial charge is 0.310 e. The highest BCUT2D eigenvalue weighted by atomic mass is 16.4. The summed E-state index contributed by atoms with van der Waals surface area (Å²) in [6, 6.07) is 0. The van der Waals surface area contributed by atoms with Gasteiger partial charge in [0.2, 0.25) is 0 Å². The van der Waals surface area contributed by atoms with Gasteiger partial charge < -0.3 is 15.3 Å². The Balaban J connectivity index is 4.05. The van der Waals surface area contributed by atoms with Gasteiger partial charge in [0, 0.05) is 18.6 Å². The maximum absolute atomic E-state index is 10.9. The first-order chi connectivity index (χ1) is 6.59. The number of hydrogen-bond acceptors (Lipinski definition) is 3. The molecular weight excluding hydrogens is 192 g/mol. The van der Waals surface area contributed by atoms with Gasteiger partial charge in [-0.05, 0) is 41.8 Å². The Hall–Kier alpha value is -0.610. The predicted molar refractivity (Wildman–Crippen MR) is 62.1 cm³/mol. The second kappa shape index (κ2) is 4.94. The summed E-state index contributed by atoms with van der Waals surface area (Å²) in [5, 5.41) is 12.1. The van der Waals surface area contributed by atoms with Crippen LogP contribution in [-0.4, -0.2) is 48.7 Å². The van der Waals surface area contributed by atoms with Crippen molar-refractivity contribution in [1.29, 1.82) is 0 Å². The lowest BCUT2D eigenvalue weighted by atomic mass is 9.93. The second-order valence-corrected chi connectivity index (χ2v) is 5.50. The number of likely N-dealkylation sites (N-methyl/N-ethyl adjacent to an activating group) is 1. The topological polar surface area (TPSA) is 52.6 Å². The average Bonchev–Trinajstić information content (AvgIpc) is 2.02. The molecule has 4 nitrogen and oxygen atoms in total. The van der Waals surface area contributed by atoms with Crippen LogP contribution in [0, 0.1) is 5.41 Å². The first-order valence-electron chi connectivity index (χ1n) is 5.21. The zero-order chi connectivity index (χ0) is 12.3. The van der Waals surface area contributed by atoms with Gasteiger partial charge in [0.05, 0.1) is 5.41 Å². The molecule has 90 valence electrons. The van der Waals surface area contributed by atoms with Gasteiger partial charge >= 0.3 is 5.97 Å². The molecule has 0 spiro atoms. The Labute approximate surface area is 92.7 Å². The van der Waals surface area contributed by atoms with Crippen molar-refractivity contribution in [1.82, 2.24) is 10.2 Å². The van der Waals surface area contributed by atoms with Crippen molar-refractivity contribution < 1.29 is 9.90 Å². The highest BCUT2D eigenvalue weighted by Crippen LogP contribution is 2.14. The second-order valence-electron chi connectivity index (χ2n) is 5.50. The van der Waals surface area contributed by atoms with Crippen LogP contribution < -0.4 is 5.32 Å². The molecule has 0 saturated carbocycles. The van der Waals surface area contributed by atoms with Crippen LogP contribution in [0.2, 0.25) is 0 Å². The van der Waals surface area contributed by atoms with E-state index in [4.69, 9.17) is 5.11 Å².